The number of H-pyrrole nitrogens is 1. The Morgan fingerprint density at radius 3 is 2.38 bits per heavy atom. The molecule has 26 heteroatoms. The Kier molecular flexibility index (Phi) is 7.86. The number of nitrogens with zero attached hydrogens (tertiary/aromatic N) is 8. The lowest BCUT2D eigenvalue weighted by atomic mass is 10.1. The molecule has 10 atom stereocenters. The molecule has 3 fully saturated rings. The highest BCUT2D eigenvalue weighted by atomic mass is 32.7. The number of nitrogens with two attached hydrogens (primary N) is 2. The zero-order chi connectivity index (χ0) is 31.8. The number of hydrogen-bond donors (Lipinski definition) is 7. The molecule has 4 aromatic rings. The molecule has 242 valence electrons. The lowest BCUT2D eigenvalue weighted by Crippen LogP contribution is -2.34. The number of hydrogen-bond acceptors (Lipinski definition) is 19. The van der Waals surface area contributed by atoms with Crippen LogP contribution in [0.1, 0.15) is 12.5 Å². The fraction of sp³-hybridized carbons (Fsp3) is 0.526. The molecule has 4 aromatic heterocycles. The Morgan fingerprint density at radius 2 is 1.62 bits per heavy atom. The molecule has 2 unspecified atom stereocenters. The quantitative estimate of drug-likeness (QED) is 0.106. The van der Waals surface area contributed by atoms with E-state index in [1.54, 1.807) is 0 Å². The van der Waals surface area contributed by atoms with Gasteiger partial charge in [0.05, 0.1) is 30.8 Å². The number of anilines is 2. The normalized spacial score (nSPS) is 37.7. The van der Waals surface area contributed by atoms with Gasteiger partial charge < -0.3 is 20.9 Å². The summed E-state index contributed by atoms with van der Waals surface area (Å²) in [6, 6.07) is 0. The summed E-state index contributed by atoms with van der Waals surface area (Å²) in [4.78, 5) is 52.5. The summed E-state index contributed by atoms with van der Waals surface area (Å²) < 4.78 is 67.8. The molecule has 7 N–H and O–H groups in total. The van der Waals surface area contributed by atoms with E-state index < -0.39 is 82.3 Å². The number of rotatable bonds is 2. The van der Waals surface area contributed by atoms with Crippen LogP contribution in [-0.2, 0) is 27.6 Å². The van der Waals surface area contributed by atoms with Gasteiger partial charge in [-0.25, -0.2) is 23.7 Å². The highest BCUT2D eigenvalue weighted by Crippen LogP contribution is 2.67. The fourth-order valence-corrected chi connectivity index (χ4v) is 8.08. The molecule has 2 bridgehead atoms. The van der Waals surface area contributed by atoms with E-state index in [1.807, 2.05) is 0 Å². The van der Waals surface area contributed by atoms with Crippen LogP contribution in [0, 0.1) is 0 Å². The van der Waals surface area contributed by atoms with Crippen molar-refractivity contribution in [2.75, 3.05) is 24.7 Å². The summed E-state index contributed by atoms with van der Waals surface area (Å²) >= 11 is 8.15. The Bertz CT molecular complexity index is 1820. The summed E-state index contributed by atoms with van der Waals surface area (Å²) in [5, 5.41) is 7.58. The first kappa shape index (κ1) is 31.1. The van der Waals surface area contributed by atoms with Gasteiger partial charge in [0.25, 0.3) is 5.56 Å². The van der Waals surface area contributed by atoms with Crippen molar-refractivity contribution < 1.29 is 46.1 Å². The van der Waals surface area contributed by atoms with Crippen molar-refractivity contribution in [1.82, 2.24) is 44.5 Å². The number of nitrogens with one attached hydrogen (secondary N) is 1. The van der Waals surface area contributed by atoms with E-state index in [-0.39, 0.29) is 34.1 Å². The number of nitrogen functional groups attached to an aromatic ring is 2. The lowest BCUT2D eigenvalue weighted by Gasteiger charge is -2.23. The van der Waals surface area contributed by atoms with E-state index in [2.05, 4.69) is 59.7 Å². The largest absolute Gasteiger partial charge is 0.476 e. The predicted molar refractivity (Wildman–Crippen MR) is 156 cm³/mol. The standard InChI is InChI=1S/C19H22F2N11O9P2S2/c20-7-5-1-36-42(34,44)40-11-6(39-17(8(11)21)31-4-26-9-13(22)24-3-25-14(9)31)2-37-43(35,45)41-12(7)18(38-5)32-15-10(29-30-32)16(33)28-19(23)27-15/h3-8,11-12,17-18,34-35,44-45H,1-2H2,(H4-,22,23,24,25,27,28,30,33)/q+1/p+1/t5-,6-,7+,8+,11-,12-,17-,18-,42?,43?/m1/s1. The third-order valence-corrected chi connectivity index (χ3v) is 10.4. The summed E-state index contributed by atoms with van der Waals surface area (Å²) in [6.07, 6.45) is -10.8. The van der Waals surface area contributed by atoms with E-state index in [0.29, 0.717) is 0 Å². The molecule has 0 aliphatic carbocycles. The minimum absolute atomic E-state index is 0.0479. The van der Waals surface area contributed by atoms with Gasteiger partial charge >= 0.3 is 14.3 Å². The minimum Gasteiger partial charge on any atom is -0.382 e. The highest BCUT2D eigenvalue weighted by Gasteiger charge is 2.60. The van der Waals surface area contributed by atoms with Crippen molar-refractivity contribution in [3.63, 3.8) is 0 Å². The second kappa shape index (κ2) is 11.3. The maximum absolute atomic E-state index is 16.0. The fourth-order valence-electron chi connectivity index (χ4n) is 5.12. The number of imidazole rings is 1. The first-order chi connectivity index (χ1) is 21.3. The summed E-state index contributed by atoms with van der Waals surface area (Å²) in [6.45, 7) is -1.33. The van der Waals surface area contributed by atoms with Crippen molar-refractivity contribution >= 4 is 72.9 Å². The number of ether oxygens (including phenoxy) is 2. The Balaban J connectivity index is 1.20. The minimum atomic E-state index is -4.26. The van der Waals surface area contributed by atoms with Gasteiger partial charge in [-0.2, -0.15) is 37.5 Å². The van der Waals surface area contributed by atoms with E-state index in [4.69, 9.17) is 39.0 Å². The van der Waals surface area contributed by atoms with Gasteiger partial charge in [-0.15, -0.1) is 5.10 Å². The van der Waals surface area contributed by atoms with Crippen LogP contribution < -0.4 is 17.0 Å². The number of aromatic nitrogens is 9. The van der Waals surface area contributed by atoms with Crippen LogP contribution in [0.25, 0.3) is 22.3 Å². The van der Waals surface area contributed by atoms with Gasteiger partial charge in [0.1, 0.15) is 37.3 Å². The summed E-state index contributed by atoms with van der Waals surface area (Å²) in [5.74, 6) is -0.240. The highest BCUT2D eigenvalue weighted by molar-refractivity contribution is 8.47. The van der Waals surface area contributed by atoms with Crippen molar-refractivity contribution in [2.24, 2.45) is 0 Å². The van der Waals surface area contributed by atoms with Gasteiger partial charge in [-0.1, -0.05) is 5.21 Å². The van der Waals surface area contributed by atoms with Crippen LogP contribution >= 0.6 is 38.8 Å². The monoisotopic (exact) mass is 713 g/mol. The van der Waals surface area contributed by atoms with Crippen molar-refractivity contribution in [1.29, 1.82) is 0 Å². The maximum Gasteiger partial charge on any atom is 0.476 e. The van der Waals surface area contributed by atoms with E-state index in [9.17, 15) is 14.6 Å². The van der Waals surface area contributed by atoms with Crippen molar-refractivity contribution in [3.8, 4) is 0 Å². The number of thiol groups is 2. The third kappa shape index (κ3) is 5.61. The second-order valence-electron chi connectivity index (χ2n) is 9.97. The van der Waals surface area contributed by atoms with Gasteiger partial charge in [-0.05, 0) is 0 Å². The van der Waals surface area contributed by atoms with Gasteiger partial charge in [0.15, 0.2) is 59.6 Å². The van der Waals surface area contributed by atoms with E-state index >= 15 is 8.78 Å². The Morgan fingerprint density at radius 1 is 0.933 bits per heavy atom. The van der Waals surface area contributed by atoms with E-state index in [1.165, 1.54) is 10.9 Å². The molecule has 7 heterocycles. The van der Waals surface area contributed by atoms with Crippen molar-refractivity contribution in [2.45, 2.75) is 49.2 Å². The zero-order valence-corrected chi connectivity index (χ0v) is 25.8. The summed E-state index contributed by atoms with van der Waals surface area (Å²) in [7, 11) is -8.47. The second-order valence-corrected chi connectivity index (χ2v) is 15.9. The van der Waals surface area contributed by atoms with Gasteiger partial charge in [0.2, 0.25) is 5.95 Å². The molecule has 20 nitrogen and oxygen atoms in total. The van der Waals surface area contributed by atoms with E-state index in [0.717, 1.165) is 11.0 Å². The first-order valence-electron chi connectivity index (χ1n) is 12.8. The van der Waals surface area contributed by atoms with Gasteiger partial charge in [-0.3, -0.25) is 14.3 Å². The zero-order valence-electron chi connectivity index (χ0n) is 22.2. The lowest BCUT2D eigenvalue weighted by molar-refractivity contribution is -0.0645. The smallest absolute Gasteiger partial charge is 0.382 e. The average Bonchev–Trinajstić information content (AvgIpc) is 3.72. The molecule has 3 saturated heterocycles. The molecule has 0 radical (unpaired) electrons. The van der Waals surface area contributed by atoms with Crippen LogP contribution in [0.4, 0.5) is 20.5 Å². The Hall–Kier alpha value is -2.47. The van der Waals surface area contributed by atoms with Crippen LogP contribution in [0.15, 0.2) is 17.4 Å². The first-order valence-corrected chi connectivity index (χ1v) is 18.3. The third-order valence-electron chi connectivity index (χ3n) is 7.12. The summed E-state index contributed by atoms with van der Waals surface area (Å²) in [5.41, 5.74) is 10.7. The molecule has 7 rings (SSSR count). The van der Waals surface area contributed by atoms with Crippen molar-refractivity contribution in [3.05, 3.63) is 23.0 Å². The van der Waals surface area contributed by atoms with Crippen LogP contribution in [0.2, 0.25) is 0 Å². The number of aromatic amines is 1. The molecular weight excluding hydrogens is 690 g/mol. The maximum atomic E-state index is 16.0. The topological polar surface area (TPSA) is 268 Å². The molecule has 0 amide bonds. The molecule has 0 aromatic carbocycles. The molecule has 3 aliphatic heterocycles. The molecular formula is C19H23F2N11O9P2S2+2. The van der Waals surface area contributed by atoms with Gasteiger partial charge in [0, 0.05) is 0 Å². The molecule has 45 heavy (non-hydrogen) atoms. The predicted octanol–water partition coefficient (Wildman–Crippen LogP) is 0.00650. The molecule has 0 saturated carbocycles. The van der Waals surface area contributed by atoms with Crippen LogP contribution in [-0.4, -0.2) is 104 Å². The van der Waals surface area contributed by atoms with Crippen LogP contribution in [0.3, 0.4) is 0 Å². The Labute approximate surface area is 260 Å². The molecule has 3 aliphatic rings. The average molecular weight is 714 g/mol. The number of fused-ring (bicyclic) bond motifs is 5. The number of halogens is 2. The SMILES string of the molecule is Nc1nc2c(nnn2[C@@H]2O[C@@H]3CO[P+](O)(S)O[C@H]4[C@H](F)[C@H](n5cnc6c(N)ncnc65)O[C@@H]4CO[P+](O)(S)O[C@@H]2[C@H]3F)c(=O)[nH]1. The number of alkyl halides is 2. The molecule has 0 spiro atoms. The van der Waals surface area contributed by atoms with Crippen LogP contribution in [0.5, 0.6) is 0 Å².